The Labute approximate surface area is 78.7 Å². The van der Waals surface area contributed by atoms with Gasteiger partial charge in [-0.1, -0.05) is 0 Å². The Morgan fingerprint density at radius 3 is 1.62 bits per heavy atom. The summed E-state index contributed by atoms with van der Waals surface area (Å²) in [6.45, 7) is 5.49. The first-order chi connectivity index (χ1) is 5.83. The lowest BCUT2D eigenvalue weighted by Crippen LogP contribution is -2.24. The molecule has 0 saturated heterocycles. The van der Waals surface area contributed by atoms with Crippen molar-refractivity contribution in [2.24, 2.45) is 0 Å². The van der Waals surface area contributed by atoms with Gasteiger partial charge < -0.3 is 4.21 Å². The van der Waals surface area contributed by atoms with Crippen molar-refractivity contribution >= 4 is 16.1 Å². The van der Waals surface area contributed by atoms with E-state index in [-0.39, 0.29) is 0 Å². The van der Waals surface area contributed by atoms with Gasteiger partial charge in [-0.15, -0.1) is 9.35 Å². The summed E-state index contributed by atoms with van der Waals surface area (Å²) in [6, 6.07) is 0. The fourth-order valence-electron chi connectivity index (χ4n) is 0.561. The molecule has 13 heavy (non-hydrogen) atoms. The Kier molecular flexibility index (Phi) is 5.31. The Morgan fingerprint density at radius 2 is 1.38 bits per heavy atom. The minimum atomic E-state index is -3.72. The highest BCUT2D eigenvalue weighted by Crippen LogP contribution is 2.51. The number of hydrogen-bond acceptors (Lipinski definition) is 6. The first kappa shape index (κ1) is 13.2. The second-order valence-electron chi connectivity index (χ2n) is 3.13. The molecule has 80 valence electrons. The molecular formula is C5H15O6PSi. The summed E-state index contributed by atoms with van der Waals surface area (Å²) in [5.74, 6) is 0. The number of hydrogen-bond donors (Lipinski definition) is 0. The summed E-state index contributed by atoms with van der Waals surface area (Å²) >= 11 is 0. The first-order valence-corrected chi connectivity index (χ1v) is 8.45. The van der Waals surface area contributed by atoms with E-state index in [2.05, 4.69) is 19.1 Å². The van der Waals surface area contributed by atoms with Crippen molar-refractivity contribution in [1.29, 1.82) is 0 Å². The Balaban J connectivity index is 4.33. The normalized spacial score (nSPS) is 13.3. The largest absolute Gasteiger partial charge is 0.519 e. The van der Waals surface area contributed by atoms with Gasteiger partial charge in [0, 0.05) is 0 Å². The third-order valence-electron chi connectivity index (χ3n) is 0.717. The maximum Gasteiger partial charge on any atom is 0.519 e. The Hall–Kier alpha value is 0.247. The molecule has 0 aliphatic carbocycles. The van der Waals surface area contributed by atoms with E-state index in [1.54, 1.807) is 0 Å². The molecule has 0 aromatic heterocycles. The molecule has 0 fully saturated rings. The quantitative estimate of drug-likeness (QED) is 0.301. The molecule has 0 spiro atoms. The van der Waals surface area contributed by atoms with E-state index in [4.69, 9.17) is 4.21 Å². The van der Waals surface area contributed by atoms with Gasteiger partial charge in [0.1, 0.15) is 0 Å². The van der Waals surface area contributed by atoms with Crippen LogP contribution in [-0.2, 0) is 27.9 Å². The number of phosphoric acid groups is 1. The van der Waals surface area contributed by atoms with Gasteiger partial charge in [-0.2, -0.15) is 0 Å². The average molecular weight is 230 g/mol. The van der Waals surface area contributed by atoms with Crippen LogP contribution >= 0.6 is 7.82 Å². The number of rotatable bonds is 6. The predicted molar refractivity (Wildman–Crippen MR) is 48.2 cm³/mol. The van der Waals surface area contributed by atoms with Gasteiger partial charge >= 0.3 is 7.82 Å². The van der Waals surface area contributed by atoms with E-state index in [9.17, 15) is 4.57 Å². The minimum absolute atomic E-state index is 1.21. The molecule has 0 atom stereocenters. The van der Waals surface area contributed by atoms with E-state index in [1.165, 1.54) is 14.2 Å². The van der Waals surface area contributed by atoms with Crippen LogP contribution in [0.15, 0.2) is 0 Å². The molecule has 0 aromatic carbocycles. The van der Waals surface area contributed by atoms with Gasteiger partial charge in [-0.25, -0.2) is 14.3 Å². The lowest BCUT2D eigenvalue weighted by Gasteiger charge is -2.21. The van der Waals surface area contributed by atoms with Crippen LogP contribution in [0.5, 0.6) is 0 Å². The maximum absolute atomic E-state index is 11.5. The fourth-order valence-corrected chi connectivity index (χ4v) is 3.88. The highest BCUT2D eigenvalue weighted by atomic mass is 31.2. The molecule has 0 aliphatic rings. The molecule has 0 N–H and O–H groups in total. The highest BCUT2D eigenvalue weighted by Gasteiger charge is 2.36. The summed E-state index contributed by atoms with van der Waals surface area (Å²) in [7, 11) is -3.35. The molecule has 0 radical (unpaired) electrons. The second kappa shape index (κ2) is 5.21. The van der Waals surface area contributed by atoms with Crippen LogP contribution in [0.4, 0.5) is 0 Å². The van der Waals surface area contributed by atoms with Crippen LogP contribution in [0.3, 0.4) is 0 Å². The van der Waals surface area contributed by atoms with Crippen LogP contribution in [-0.4, -0.2) is 22.5 Å². The van der Waals surface area contributed by atoms with Crippen LogP contribution < -0.4 is 0 Å². The Morgan fingerprint density at radius 1 is 1.00 bits per heavy atom. The summed E-state index contributed by atoms with van der Waals surface area (Å²) in [5, 5.41) is 0. The zero-order chi connectivity index (χ0) is 10.5. The zero-order valence-corrected chi connectivity index (χ0v) is 10.3. The van der Waals surface area contributed by atoms with Crippen molar-refractivity contribution in [1.82, 2.24) is 0 Å². The van der Waals surface area contributed by atoms with Gasteiger partial charge in [-0.05, 0) is 19.6 Å². The van der Waals surface area contributed by atoms with Crippen LogP contribution in [0.1, 0.15) is 0 Å². The lowest BCUT2D eigenvalue weighted by atomic mass is 11.8. The maximum atomic E-state index is 11.5. The molecule has 6 nitrogen and oxygen atoms in total. The van der Waals surface area contributed by atoms with Gasteiger partial charge in [0.15, 0.2) is 8.32 Å². The molecule has 0 heterocycles. The van der Waals surface area contributed by atoms with Gasteiger partial charge in [0.2, 0.25) is 0 Å². The molecule has 0 aromatic rings. The molecule has 0 aliphatic heterocycles. The highest BCUT2D eigenvalue weighted by molar-refractivity contribution is 7.50. The third-order valence-corrected chi connectivity index (χ3v) is 4.47. The molecule has 0 unspecified atom stereocenters. The van der Waals surface area contributed by atoms with Crippen molar-refractivity contribution in [3.8, 4) is 0 Å². The summed E-state index contributed by atoms with van der Waals surface area (Å²) in [6.07, 6.45) is 0. The van der Waals surface area contributed by atoms with Crippen molar-refractivity contribution in [2.45, 2.75) is 19.6 Å². The standard InChI is InChI=1S/C5H15O6PSi/c1-7-9-12(6,10-8-2)11-13(3,4)5/h1-5H3. The van der Waals surface area contributed by atoms with Crippen molar-refractivity contribution in [3.05, 3.63) is 0 Å². The topological polar surface area (TPSA) is 63.2 Å². The first-order valence-electron chi connectivity index (χ1n) is 3.58. The Bertz CT molecular complexity index is 180. The lowest BCUT2D eigenvalue weighted by molar-refractivity contribution is -0.254. The van der Waals surface area contributed by atoms with E-state index in [1.807, 2.05) is 19.6 Å². The summed E-state index contributed by atoms with van der Waals surface area (Å²) < 4.78 is 25.4. The molecule has 0 rings (SSSR count). The molecule has 8 heteroatoms. The second-order valence-corrected chi connectivity index (χ2v) is 9.28. The van der Waals surface area contributed by atoms with Crippen LogP contribution in [0.2, 0.25) is 19.6 Å². The van der Waals surface area contributed by atoms with Crippen molar-refractivity contribution in [2.75, 3.05) is 14.2 Å². The minimum Gasteiger partial charge on any atom is -0.327 e. The van der Waals surface area contributed by atoms with Gasteiger partial charge in [0.25, 0.3) is 0 Å². The molecule has 0 amide bonds. The third kappa shape index (κ3) is 6.34. The predicted octanol–water partition coefficient (Wildman–Crippen LogP) is 2.10. The van der Waals surface area contributed by atoms with E-state index in [0.717, 1.165) is 0 Å². The van der Waals surface area contributed by atoms with E-state index in [0.29, 0.717) is 0 Å². The van der Waals surface area contributed by atoms with Crippen molar-refractivity contribution < 1.29 is 27.9 Å². The SMILES string of the molecule is COOP(=O)(OOC)O[Si](C)(C)C. The fraction of sp³-hybridized carbons (Fsp3) is 1.00. The average Bonchev–Trinajstić information content (AvgIpc) is 1.82. The van der Waals surface area contributed by atoms with Crippen molar-refractivity contribution in [3.63, 3.8) is 0 Å². The monoisotopic (exact) mass is 230 g/mol. The van der Waals surface area contributed by atoms with Crippen LogP contribution in [0, 0.1) is 0 Å². The molecular weight excluding hydrogens is 215 g/mol. The van der Waals surface area contributed by atoms with Gasteiger partial charge in [-0.3, -0.25) is 0 Å². The zero-order valence-electron chi connectivity index (χ0n) is 8.40. The van der Waals surface area contributed by atoms with Crippen LogP contribution in [0.25, 0.3) is 0 Å². The van der Waals surface area contributed by atoms with Gasteiger partial charge in [0.05, 0.1) is 14.2 Å². The smallest absolute Gasteiger partial charge is 0.327 e. The van der Waals surface area contributed by atoms with E-state index < -0.39 is 16.1 Å². The molecule has 0 bridgehead atoms. The summed E-state index contributed by atoms with van der Waals surface area (Å²) in [4.78, 5) is 8.47. The van der Waals surface area contributed by atoms with E-state index >= 15 is 0 Å². The summed E-state index contributed by atoms with van der Waals surface area (Å²) in [5.41, 5.74) is 0. The molecule has 0 saturated carbocycles.